The molecule has 0 unspecified atom stereocenters. The van der Waals surface area contributed by atoms with Gasteiger partial charge in [-0.25, -0.2) is 0 Å². The Hall–Kier alpha value is -1.28. The first-order valence-electron chi connectivity index (χ1n) is 7.74. The van der Waals surface area contributed by atoms with E-state index in [1.807, 2.05) is 0 Å². The van der Waals surface area contributed by atoms with Gasteiger partial charge in [-0.2, -0.15) is 11.3 Å². The highest BCUT2D eigenvalue weighted by Crippen LogP contribution is 2.33. The van der Waals surface area contributed by atoms with E-state index in [4.69, 9.17) is 0 Å². The van der Waals surface area contributed by atoms with Crippen LogP contribution in [0.2, 0.25) is 0 Å². The molecule has 22 heavy (non-hydrogen) atoms. The maximum absolute atomic E-state index is 10.1. The largest absolute Gasteiger partial charge is 0.392 e. The lowest BCUT2D eigenvalue weighted by atomic mass is 10.1. The van der Waals surface area contributed by atoms with Gasteiger partial charge >= 0.3 is 0 Å². The normalized spacial score (nSPS) is 26.5. The van der Waals surface area contributed by atoms with Gasteiger partial charge in [0.1, 0.15) is 5.82 Å². The van der Waals surface area contributed by atoms with Crippen LogP contribution >= 0.6 is 11.3 Å². The standard InChI is InChI=1S/C15H21N5OS/c1-18-3-4-20-14(9-18)16-17-15(20)13-6-12(21)8-19(13)7-11-2-5-22-10-11/h2,5,10,12-13,21H,3-4,6-9H2,1H3/t12-,13-/m0/s1. The first kappa shape index (κ1) is 14.3. The fourth-order valence-corrected chi connectivity index (χ4v) is 4.15. The number of likely N-dealkylation sites (tertiary alicyclic amines) is 1. The summed E-state index contributed by atoms with van der Waals surface area (Å²) in [5.74, 6) is 2.07. The molecule has 2 atom stereocenters. The van der Waals surface area contributed by atoms with Crippen molar-refractivity contribution in [2.24, 2.45) is 0 Å². The van der Waals surface area contributed by atoms with E-state index >= 15 is 0 Å². The Labute approximate surface area is 134 Å². The van der Waals surface area contributed by atoms with Crippen LogP contribution in [-0.2, 0) is 19.6 Å². The molecule has 118 valence electrons. The lowest BCUT2D eigenvalue weighted by Gasteiger charge is -2.27. The zero-order chi connectivity index (χ0) is 15.1. The molecule has 0 aliphatic carbocycles. The molecule has 0 aromatic carbocycles. The second-order valence-corrected chi connectivity index (χ2v) is 7.11. The molecule has 2 aliphatic heterocycles. The summed E-state index contributed by atoms with van der Waals surface area (Å²) in [5, 5.41) is 23.3. The number of fused-ring (bicyclic) bond motifs is 1. The molecule has 4 heterocycles. The second kappa shape index (κ2) is 5.73. The van der Waals surface area contributed by atoms with Crippen molar-refractivity contribution in [2.45, 2.75) is 38.2 Å². The molecule has 2 aromatic rings. The fraction of sp³-hybridized carbons (Fsp3) is 0.600. The Balaban J connectivity index is 1.60. The zero-order valence-corrected chi connectivity index (χ0v) is 13.5. The third kappa shape index (κ3) is 2.58. The molecule has 1 N–H and O–H groups in total. The molecule has 1 saturated heterocycles. The Morgan fingerprint density at radius 2 is 2.27 bits per heavy atom. The van der Waals surface area contributed by atoms with Gasteiger partial charge in [0, 0.05) is 26.2 Å². The van der Waals surface area contributed by atoms with E-state index < -0.39 is 0 Å². The van der Waals surface area contributed by atoms with Crippen molar-refractivity contribution in [1.29, 1.82) is 0 Å². The molecule has 0 saturated carbocycles. The predicted molar refractivity (Wildman–Crippen MR) is 84.4 cm³/mol. The lowest BCUT2D eigenvalue weighted by Crippen LogP contribution is -2.33. The van der Waals surface area contributed by atoms with Gasteiger partial charge in [-0.1, -0.05) is 0 Å². The van der Waals surface area contributed by atoms with Gasteiger partial charge in [0.2, 0.25) is 0 Å². The van der Waals surface area contributed by atoms with Gasteiger partial charge in [-0.15, -0.1) is 10.2 Å². The highest BCUT2D eigenvalue weighted by atomic mass is 32.1. The van der Waals surface area contributed by atoms with Crippen LogP contribution in [0.5, 0.6) is 0 Å². The molecule has 0 radical (unpaired) electrons. The molecule has 0 amide bonds. The van der Waals surface area contributed by atoms with Crippen LogP contribution in [0.15, 0.2) is 16.8 Å². The number of nitrogens with zero attached hydrogens (tertiary/aromatic N) is 5. The van der Waals surface area contributed by atoms with Crippen molar-refractivity contribution in [1.82, 2.24) is 24.6 Å². The molecular formula is C15H21N5OS. The zero-order valence-electron chi connectivity index (χ0n) is 12.7. The van der Waals surface area contributed by atoms with Crippen LogP contribution < -0.4 is 0 Å². The van der Waals surface area contributed by atoms with Crippen LogP contribution in [0.1, 0.15) is 29.7 Å². The first-order chi connectivity index (χ1) is 10.7. The number of aromatic nitrogens is 3. The maximum Gasteiger partial charge on any atom is 0.150 e. The summed E-state index contributed by atoms with van der Waals surface area (Å²) < 4.78 is 2.25. The molecule has 4 rings (SSSR count). The number of aliphatic hydroxyl groups excluding tert-OH is 1. The summed E-state index contributed by atoms with van der Waals surface area (Å²) in [5.41, 5.74) is 1.31. The van der Waals surface area contributed by atoms with Gasteiger partial charge in [-0.05, 0) is 35.9 Å². The Morgan fingerprint density at radius 1 is 1.36 bits per heavy atom. The van der Waals surface area contributed by atoms with Gasteiger partial charge in [0.25, 0.3) is 0 Å². The molecule has 6 nitrogen and oxygen atoms in total. The van der Waals surface area contributed by atoms with Crippen molar-refractivity contribution in [3.8, 4) is 0 Å². The van der Waals surface area contributed by atoms with Crippen molar-refractivity contribution >= 4 is 11.3 Å². The summed E-state index contributed by atoms with van der Waals surface area (Å²) in [6.07, 6.45) is 0.473. The summed E-state index contributed by atoms with van der Waals surface area (Å²) in [4.78, 5) is 4.60. The van der Waals surface area contributed by atoms with Gasteiger partial charge in [0.05, 0.1) is 18.7 Å². The van der Waals surface area contributed by atoms with Crippen LogP contribution in [0.4, 0.5) is 0 Å². The SMILES string of the molecule is CN1CCn2c(nnc2[C@@H]2C[C@H](O)CN2Cc2ccsc2)C1. The van der Waals surface area contributed by atoms with E-state index in [9.17, 15) is 5.11 Å². The van der Waals surface area contributed by atoms with E-state index in [1.165, 1.54) is 5.56 Å². The Kier molecular flexibility index (Phi) is 3.73. The fourth-order valence-electron chi connectivity index (χ4n) is 3.49. The van der Waals surface area contributed by atoms with Crippen LogP contribution in [0.3, 0.4) is 0 Å². The predicted octanol–water partition coefficient (Wildman–Crippen LogP) is 1.09. The molecular weight excluding hydrogens is 298 g/mol. The average Bonchev–Trinajstić information content (AvgIpc) is 3.19. The van der Waals surface area contributed by atoms with E-state index in [1.54, 1.807) is 11.3 Å². The van der Waals surface area contributed by atoms with E-state index in [0.29, 0.717) is 6.54 Å². The minimum absolute atomic E-state index is 0.166. The highest BCUT2D eigenvalue weighted by molar-refractivity contribution is 7.07. The summed E-state index contributed by atoms with van der Waals surface area (Å²) in [7, 11) is 2.11. The van der Waals surface area contributed by atoms with Crippen LogP contribution in [0, 0.1) is 0 Å². The van der Waals surface area contributed by atoms with E-state index in [0.717, 1.165) is 44.2 Å². The minimum atomic E-state index is -0.275. The van der Waals surface area contributed by atoms with Crippen molar-refractivity contribution in [2.75, 3.05) is 20.1 Å². The topological polar surface area (TPSA) is 57.4 Å². The first-order valence-corrected chi connectivity index (χ1v) is 8.68. The molecule has 1 fully saturated rings. The monoisotopic (exact) mass is 319 g/mol. The molecule has 0 spiro atoms. The third-order valence-electron chi connectivity index (χ3n) is 4.62. The summed E-state index contributed by atoms with van der Waals surface area (Å²) in [6.45, 7) is 4.40. The van der Waals surface area contributed by atoms with E-state index in [-0.39, 0.29) is 12.1 Å². The van der Waals surface area contributed by atoms with Gasteiger partial charge in [0.15, 0.2) is 5.82 Å². The smallest absolute Gasteiger partial charge is 0.150 e. The number of likely N-dealkylation sites (N-methyl/N-ethyl adjacent to an activating group) is 1. The molecule has 2 aliphatic rings. The van der Waals surface area contributed by atoms with E-state index in [2.05, 4.69) is 48.4 Å². The highest BCUT2D eigenvalue weighted by Gasteiger charge is 2.36. The minimum Gasteiger partial charge on any atom is -0.392 e. The number of hydrogen-bond donors (Lipinski definition) is 1. The third-order valence-corrected chi connectivity index (χ3v) is 5.35. The van der Waals surface area contributed by atoms with Crippen molar-refractivity contribution in [3.05, 3.63) is 34.0 Å². The van der Waals surface area contributed by atoms with Crippen molar-refractivity contribution < 1.29 is 5.11 Å². The van der Waals surface area contributed by atoms with Gasteiger partial charge in [-0.3, -0.25) is 9.80 Å². The Bertz CT molecular complexity index is 640. The second-order valence-electron chi connectivity index (χ2n) is 6.33. The lowest BCUT2D eigenvalue weighted by molar-refractivity contribution is 0.172. The van der Waals surface area contributed by atoms with Crippen LogP contribution in [-0.4, -0.2) is 55.9 Å². The molecule has 0 bridgehead atoms. The average molecular weight is 319 g/mol. The van der Waals surface area contributed by atoms with Gasteiger partial charge < -0.3 is 9.67 Å². The molecule has 2 aromatic heterocycles. The molecule has 7 heteroatoms. The Morgan fingerprint density at radius 3 is 3.09 bits per heavy atom. The number of aliphatic hydroxyl groups is 1. The summed E-state index contributed by atoms with van der Waals surface area (Å²) >= 11 is 1.72. The quantitative estimate of drug-likeness (QED) is 0.918. The number of β-amino-alcohol motifs (C(OH)–C–C–N with tert-alkyl or cyclic N) is 1. The number of thiophene rings is 1. The number of hydrogen-bond acceptors (Lipinski definition) is 6. The summed E-state index contributed by atoms with van der Waals surface area (Å²) in [6, 6.07) is 2.32. The van der Waals surface area contributed by atoms with Crippen LogP contribution in [0.25, 0.3) is 0 Å². The maximum atomic E-state index is 10.1. The van der Waals surface area contributed by atoms with Crippen molar-refractivity contribution in [3.63, 3.8) is 0 Å². The number of rotatable bonds is 3.